The van der Waals surface area contributed by atoms with E-state index in [1.807, 2.05) is 0 Å². The van der Waals surface area contributed by atoms with Gasteiger partial charge in [0.15, 0.2) is 0 Å². The number of ether oxygens (including phenoxy) is 1. The van der Waals surface area contributed by atoms with Gasteiger partial charge in [-0.15, -0.1) is 0 Å². The zero-order valence-electron chi connectivity index (χ0n) is 11.0. The number of hydrogen-bond acceptors (Lipinski definition) is 5. The largest absolute Gasteiger partial charge is 0.381 e. The van der Waals surface area contributed by atoms with Crippen molar-refractivity contribution in [2.45, 2.75) is 75.5 Å². The van der Waals surface area contributed by atoms with Gasteiger partial charge in [0, 0.05) is 32.8 Å². The van der Waals surface area contributed by atoms with Crippen LogP contribution in [-0.2, 0) is 24.3 Å². The van der Waals surface area contributed by atoms with Crippen molar-refractivity contribution in [3.63, 3.8) is 0 Å². The minimum atomic E-state index is -0.711. The van der Waals surface area contributed by atoms with Gasteiger partial charge in [0.1, 0.15) is 0 Å². The van der Waals surface area contributed by atoms with E-state index in [1.54, 1.807) is 7.11 Å². The smallest absolute Gasteiger partial charge is 0.234 e. The monoisotopic (exact) mass is 258 g/mol. The summed E-state index contributed by atoms with van der Waals surface area (Å²) in [7, 11) is 1.75. The van der Waals surface area contributed by atoms with Crippen LogP contribution in [0.25, 0.3) is 0 Å². The molecule has 18 heavy (non-hydrogen) atoms. The molecule has 3 aliphatic rings. The fourth-order valence-electron chi connectivity index (χ4n) is 3.02. The molecule has 5 heteroatoms. The van der Waals surface area contributed by atoms with Crippen LogP contribution in [0.1, 0.15) is 57.8 Å². The van der Waals surface area contributed by atoms with E-state index in [9.17, 15) is 0 Å². The summed E-state index contributed by atoms with van der Waals surface area (Å²) in [6.07, 6.45) is 8.77. The third kappa shape index (κ3) is 2.42. The highest BCUT2D eigenvalue weighted by Crippen LogP contribution is 2.44. The topological polar surface area (TPSA) is 46.2 Å². The van der Waals surface area contributed by atoms with Crippen molar-refractivity contribution in [3.8, 4) is 0 Å². The molecule has 0 radical (unpaired) electrons. The molecule has 0 amide bonds. The van der Waals surface area contributed by atoms with E-state index in [1.165, 1.54) is 6.42 Å². The van der Waals surface area contributed by atoms with Gasteiger partial charge in [0.25, 0.3) is 0 Å². The normalized spacial score (nSPS) is 31.8. The van der Waals surface area contributed by atoms with Crippen LogP contribution in [0, 0.1) is 0 Å². The van der Waals surface area contributed by atoms with Crippen LogP contribution >= 0.6 is 0 Å². The summed E-state index contributed by atoms with van der Waals surface area (Å²) in [5.74, 6) is -1.36. The molecular formula is C13H22O5. The van der Waals surface area contributed by atoms with Crippen molar-refractivity contribution in [2.24, 2.45) is 0 Å². The number of methoxy groups -OCH3 is 1. The van der Waals surface area contributed by atoms with Crippen LogP contribution in [0.4, 0.5) is 0 Å². The standard InChI is InChI=1S/C13H22O5/c1-14-11-5-9-13(10-6-11)17-15-12(16-18-13)7-3-2-4-8-12/h11H,2-10H2,1H3. The molecule has 104 valence electrons. The van der Waals surface area contributed by atoms with E-state index in [-0.39, 0.29) is 0 Å². The minimum Gasteiger partial charge on any atom is -0.381 e. The van der Waals surface area contributed by atoms with E-state index in [2.05, 4.69) is 0 Å². The Morgan fingerprint density at radius 2 is 1.28 bits per heavy atom. The highest BCUT2D eigenvalue weighted by Gasteiger charge is 2.50. The molecule has 3 fully saturated rings. The van der Waals surface area contributed by atoms with Crippen molar-refractivity contribution < 1.29 is 24.3 Å². The Morgan fingerprint density at radius 1 is 0.778 bits per heavy atom. The molecule has 5 nitrogen and oxygen atoms in total. The van der Waals surface area contributed by atoms with Crippen LogP contribution in [0.2, 0.25) is 0 Å². The lowest BCUT2D eigenvalue weighted by molar-refractivity contribution is -0.663. The summed E-state index contributed by atoms with van der Waals surface area (Å²) in [5.41, 5.74) is 0. The zero-order chi connectivity index (χ0) is 12.5. The zero-order valence-corrected chi connectivity index (χ0v) is 11.0. The molecule has 0 atom stereocenters. The summed E-state index contributed by atoms with van der Waals surface area (Å²) in [4.78, 5) is 22.3. The summed E-state index contributed by atoms with van der Waals surface area (Å²) in [6, 6.07) is 0. The van der Waals surface area contributed by atoms with E-state index in [4.69, 9.17) is 24.3 Å². The second-order valence-electron chi connectivity index (χ2n) is 5.65. The molecule has 0 N–H and O–H groups in total. The van der Waals surface area contributed by atoms with Gasteiger partial charge in [-0.1, -0.05) is 6.42 Å². The summed E-state index contributed by atoms with van der Waals surface area (Å²) >= 11 is 0. The Hall–Kier alpha value is -0.200. The fraction of sp³-hybridized carbons (Fsp3) is 1.00. The molecule has 1 saturated heterocycles. The van der Waals surface area contributed by atoms with Crippen LogP contribution < -0.4 is 0 Å². The van der Waals surface area contributed by atoms with Gasteiger partial charge < -0.3 is 4.74 Å². The first kappa shape index (κ1) is 12.8. The van der Waals surface area contributed by atoms with Crippen LogP contribution in [0.3, 0.4) is 0 Å². The fourth-order valence-corrected chi connectivity index (χ4v) is 3.02. The Bertz CT molecular complexity index is 267. The Morgan fingerprint density at radius 3 is 1.78 bits per heavy atom. The lowest BCUT2D eigenvalue weighted by atomic mass is 9.91. The van der Waals surface area contributed by atoms with Gasteiger partial charge in [-0.2, -0.15) is 19.6 Å². The van der Waals surface area contributed by atoms with E-state index in [0.717, 1.165) is 51.4 Å². The van der Waals surface area contributed by atoms with Gasteiger partial charge in [-0.25, -0.2) is 0 Å². The molecule has 3 rings (SSSR count). The highest BCUT2D eigenvalue weighted by molar-refractivity contribution is 4.81. The van der Waals surface area contributed by atoms with Gasteiger partial charge in [-0.3, -0.25) is 0 Å². The van der Waals surface area contributed by atoms with Gasteiger partial charge in [0.2, 0.25) is 11.6 Å². The van der Waals surface area contributed by atoms with Crippen molar-refractivity contribution in [1.82, 2.24) is 0 Å². The molecule has 2 spiro atoms. The van der Waals surface area contributed by atoms with Crippen molar-refractivity contribution in [3.05, 3.63) is 0 Å². The molecule has 0 aromatic rings. The van der Waals surface area contributed by atoms with Crippen LogP contribution in [-0.4, -0.2) is 24.8 Å². The van der Waals surface area contributed by atoms with Gasteiger partial charge in [0.05, 0.1) is 6.10 Å². The Kier molecular flexibility index (Phi) is 3.60. The van der Waals surface area contributed by atoms with Crippen LogP contribution in [0.15, 0.2) is 0 Å². The van der Waals surface area contributed by atoms with Crippen molar-refractivity contribution in [2.75, 3.05) is 7.11 Å². The second-order valence-corrected chi connectivity index (χ2v) is 5.65. The molecule has 0 bridgehead atoms. The quantitative estimate of drug-likeness (QED) is 0.677. The molecule has 2 aliphatic carbocycles. The molecule has 0 aromatic carbocycles. The summed E-state index contributed by atoms with van der Waals surface area (Å²) < 4.78 is 5.34. The predicted octanol–water partition coefficient (Wildman–Crippen LogP) is 2.84. The average molecular weight is 258 g/mol. The van der Waals surface area contributed by atoms with E-state index < -0.39 is 11.6 Å². The summed E-state index contributed by atoms with van der Waals surface area (Å²) in [6.45, 7) is 0. The lowest BCUT2D eigenvalue weighted by Crippen LogP contribution is -2.53. The number of hydrogen-bond donors (Lipinski definition) is 0. The van der Waals surface area contributed by atoms with E-state index in [0.29, 0.717) is 6.10 Å². The van der Waals surface area contributed by atoms with Crippen LogP contribution in [0.5, 0.6) is 0 Å². The first-order valence-electron chi connectivity index (χ1n) is 7.02. The van der Waals surface area contributed by atoms with Gasteiger partial charge in [-0.05, 0) is 25.7 Å². The highest BCUT2D eigenvalue weighted by atomic mass is 17.4. The SMILES string of the molecule is COC1CCC2(CC1)OOC1(CCCCC1)OO2. The maximum atomic E-state index is 5.59. The molecule has 1 heterocycles. The Labute approximate surface area is 108 Å². The molecule has 1 aliphatic heterocycles. The first-order chi connectivity index (χ1) is 8.76. The predicted molar refractivity (Wildman–Crippen MR) is 62.2 cm³/mol. The third-order valence-electron chi connectivity index (χ3n) is 4.33. The first-order valence-corrected chi connectivity index (χ1v) is 7.02. The molecule has 0 unspecified atom stereocenters. The second kappa shape index (κ2) is 5.06. The molecule has 2 saturated carbocycles. The Balaban J connectivity index is 1.56. The van der Waals surface area contributed by atoms with Crippen molar-refractivity contribution in [1.29, 1.82) is 0 Å². The number of rotatable bonds is 1. The lowest BCUT2D eigenvalue weighted by Gasteiger charge is -2.46. The molecular weight excluding hydrogens is 236 g/mol. The van der Waals surface area contributed by atoms with Gasteiger partial charge >= 0.3 is 0 Å². The maximum Gasteiger partial charge on any atom is 0.234 e. The third-order valence-corrected chi connectivity index (χ3v) is 4.33. The average Bonchev–Trinajstić information content (AvgIpc) is 2.45. The van der Waals surface area contributed by atoms with E-state index >= 15 is 0 Å². The minimum absolute atomic E-state index is 0.299. The summed E-state index contributed by atoms with van der Waals surface area (Å²) in [5, 5.41) is 0. The maximum absolute atomic E-state index is 5.59. The molecule has 0 aromatic heterocycles. The van der Waals surface area contributed by atoms with Crippen molar-refractivity contribution >= 4 is 0 Å².